The molecular weight excluding hydrogens is 999 g/mol. The number of carbonyl (C=O) groups excluding carboxylic acids is 1. The molecule has 0 rings (SSSR count). The van der Waals surface area contributed by atoms with Gasteiger partial charge in [-0.3, -0.25) is 4.79 Å². The quantitative estimate of drug-likeness (QED) is 0.0420. The Hall–Kier alpha value is -1.13. The predicted octanol–water partition coefficient (Wildman–Crippen LogP) is 26.5. The Labute approximate surface area is 517 Å². The molecule has 0 heterocycles. The van der Waals surface area contributed by atoms with E-state index < -0.39 is 12.1 Å². The summed E-state index contributed by atoms with van der Waals surface area (Å²) in [4.78, 5) is 12.6. The van der Waals surface area contributed by atoms with Crippen molar-refractivity contribution in [2.75, 3.05) is 6.61 Å². The second-order valence-corrected chi connectivity index (χ2v) is 26.8. The fraction of sp³-hybridized carbons (Fsp3) is 0.936. The van der Waals surface area contributed by atoms with Gasteiger partial charge in [-0.25, -0.2) is 0 Å². The molecule has 0 spiro atoms. The number of carbonyl (C=O) groups is 1. The number of hydrogen-bond donors (Lipinski definition) is 3. The maximum absolute atomic E-state index is 12.6. The molecule has 0 aromatic heterocycles. The van der Waals surface area contributed by atoms with Crippen molar-refractivity contribution in [2.24, 2.45) is 0 Å². The van der Waals surface area contributed by atoms with Crippen molar-refractivity contribution >= 4 is 5.91 Å². The van der Waals surface area contributed by atoms with Crippen LogP contribution in [0.15, 0.2) is 24.3 Å². The fourth-order valence-electron chi connectivity index (χ4n) is 12.6. The lowest BCUT2D eigenvalue weighted by atomic mass is 10.0. The summed E-state index contributed by atoms with van der Waals surface area (Å²) in [6, 6.07) is -0.535. The van der Waals surface area contributed by atoms with Crippen molar-refractivity contribution in [3.8, 4) is 0 Å². The van der Waals surface area contributed by atoms with Crippen LogP contribution in [0, 0.1) is 0 Å². The summed E-state index contributed by atoms with van der Waals surface area (Å²) < 4.78 is 0. The van der Waals surface area contributed by atoms with Crippen LogP contribution in [0.2, 0.25) is 0 Å². The molecular formula is C78H153NO3. The van der Waals surface area contributed by atoms with Gasteiger partial charge in [0.25, 0.3) is 0 Å². The number of rotatable bonds is 73. The first-order chi connectivity index (χ1) is 40.7. The van der Waals surface area contributed by atoms with Gasteiger partial charge in [-0.2, -0.15) is 0 Å². The lowest BCUT2D eigenvalue weighted by Crippen LogP contribution is -2.45. The largest absolute Gasteiger partial charge is 0.394 e. The van der Waals surface area contributed by atoms with Crippen molar-refractivity contribution < 1.29 is 15.0 Å². The van der Waals surface area contributed by atoms with Gasteiger partial charge in [0.15, 0.2) is 0 Å². The van der Waals surface area contributed by atoms with Crippen LogP contribution in [-0.4, -0.2) is 34.9 Å². The minimum absolute atomic E-state index is 0.0198. The van der Waals surface area contributed by atoms with Crippen LogP contribution >= 0.6 is 0 Å². The molecule has 0 radical (unpaired) electrons. The van der Waals surface area contributed by atoms with E-state index in [1.54, 1.807) is 0 Å². The summed E-state index contributed by atoms with van der Waals surface area (Å²) in [6.07, 6.45) is 101. The minimum Gasteiger partial charge on any atom is -0.394 e. The monoisotopic (exact) mass is 1150 g/mol. The molecule has 0 saturated carbocycles. The van der Waals surface area contributed by atoms with E-state index in [9.17, 15) is 15.0 Å². The van der Waals surface area contributed by atoms with E-state index in [1.165, 1.54) is 392 Å². The van der Waals surface area contributed by atoms with E-state index in [-0.39, 0.29) is 12.5 Å². The zero-order valence-corrected chi connectivity index (χ0v) is 56.6. The molecule has 0 fully saturated rings. The number of unbranched alkanes of at least 4 members (excludes halogenated alkanes) is 62. The molecule has 488 valence electrons. The third-order valence-corrected chi connectivity index (χ3v) is 18.5. The van der Waals surface area contributed by atoms with Crippen LogP contribution in [0.3, 0.4) is 0 Å². The highest BCUT2D eigenvalue weighted by atomic mass is 16.3. The van der Waals surface area contributed by atoms with Crippen LogP contribution < -0.4 is 5.32 Å². The molecule has 4 heteroatoms. The average molecular weight is 1150 g/mol. The zero-order valence-electron chi connectivity index (χ0n) is 56.6. The number of nitrogens with one attached hydrogen (secondary N) is 1. The molecule has 0 aliphatic heterocycles. The molecule has 0 aromatic rings. The lowest BCUT2D eigenvalue weighted by Gasteiger charge is -2.22. The first kappa shape index (κ1) is 80.9. The van der Waals surface area contributed by atoms with Gasteiger partial charge in [0.1, 0.15) is 0 Å². The summed E-state index contributed by atoms with van der Waals surface area (Å²) in [5.74, 6) is -0.0198. The number of hydrogen-bond acceptors (Lipinski definition) is 3. The van der Waals surface area contributed by atoms with E-state index in [1.807, 2.05) is 0 Å². The highest BCUT2D eigenvalue weighted by molar-refractivity contribution is 5.76. The number of amides is 1. The summed E-state index contributed by atoms with van der Waals surface area (Å²) in [5, 5.41) is 23.5. The third-order valence-electron chi connectivity index (χ3n) is 18.5. The summed E-state index contributed by atoms with van der Waals surface area (Å²) in [6.45, 7) is 4.40. The average Bonchev–Trinajstić information content (AvgIpc) is 3.50. The maximum Gasteiger partial charge on any atom is 0.220 e. The van der Waals surface area contributed by atoms with Gasteiger partial charge in [-0.1, -0.05) is 423 Å². The van der Waals surface area contributed by atoms with E-state index >= 15 is 0 Å². The Morgan fingerprint density at radius 1 is 0.293 bits per heavy atom. The van der Waals surface area contributed by atoms with Gasteiger partial charge in [-0.15, -0.1) is 0 Å². The summed E-state index contributed by atoms with van der Waals surface area (Å²) >= 11 is 0. The molecule has 0 bridgehead atoms. The highest BCUT2D eigenvalue weighted by Gasteiger charge is 2.20. The number of allylic oxidation sites excluding steroid dienone is 4. The molecule has 2 atom stereocenters. The lowest BCUT2D eigenvalue weighted by molar-refractivity contribution is -0.123. The molecule has 0 aromatic carbocycles. The topological polar surface area (TPSA) is 69.6 Å². The van der Waals surface area contributed by atoms with Crippen molar-refractivity contribution in [3.63, 3.8) is 0 Å². The van der Waals surface area contributed by atoms with Gasteiger partial charge < -0.3 is 15.5 Å². The number of aliphatic hydroxyl groups excluding tert-OH is 2. The van der Waals surface area contributed by atoms with Crippen molar-refractivity contribution in [1.82, 2.24) is 5.32 Å². The van der Waals surface area contributed by atoms with E-state index in [0.717, 1.165) is 32.1 Å². The Bertz CT molecular complexity index is 1210. The highest BCUT2D eigenvalue weighted by Crippen LogP contribution is 2.20. The molecule has 82 heavy (non-hydrogen) atoms. The van der Waals surface area contributed by atoms with Crippen LogP contribution in [-0.2, 0) is 4.79 Å². The van der Waals surface area contributed by atoms with Gasteiger partial charge in [0, 0.05) is 6.42 Å². The third kappa shape index (κ3) is 69.6. The van der Waals surface area contributed by atoms with E-state index in [0.29, 0.717) is 12.8 Å². The van der Waals surface area contributed by atoms with Gasteiger partial charge in [-0.05, 0) is 44.9 Å². The normalized spacial score (nSPS) is 12.7. The molecule has 4 nitrogen and oxygen atoms in total. The molecule has 2 unspecified atom stereocenters. The van der Waals surface area contributed by atoms with Crippen molar-refractivity contribution in [2.45, 2.75) is 463 Å². The first-order valence-corrected chi connectivity index (χ1v) is 38.5. The Kier molecular flexibility index (Phi) is 73.1. The molecule has 1 amide bonds. The fourth-order valence-corrected chi connectivity index (χ4v) is 12.6. The molecule has 0 saturated heterocycles. The molecule has 0 aliphatic rings. The SMILES string of the molecule is CCCCCCC/C=C\C/C=C\CCCCCCCCCCCCCCCCCCCCCCCCCCCCCCCC(=O)NC(CO)C(O)CCCCCCCCCCCCCCCCCCCCCCCCCCCCCCC. The van der Waals surface area contributed by atoms with Gasteiger partial charge in [0.05, 0.1) is 18.8 Å². The molecule has 3 N–H and O–H groups in total. The zero-order chi connectivity index (χ0) is 59.1. The minimum atomic E-state index is -0.658. The van der Waals surface area contributed by atoms with Crippen LogP contribution in [0.25, 0.3) is 0 Å². The number of aliphatic hydroxyl groups is 2. The second-order valence-electron chi connectivity index (χ2n) is 26.8. The Balaban J connectivity index is 3.34. The Morgan fingerprint density at radius 2 is 0.500 bits per heavy atom. The summed E-state index contributed by atoms with van der Waals surface area (Å²) in [7, 11) is 0. The predicted molar refractivity (Wildman–Crippen MR) is 369 cm³/mol. The first-order valence-electron chi connectivity index (χ1n) is 38.5. The van der Waals surface area contributed by atoms with E-state index in [2.05, 4.69) is 43.5 Å². The van der Waals surface area contributed by atoms with Crippen LogP contribution in [0.1, 0.15) is 450 Å². The smallest absolute Gasteiger partial charge is 0.220 e. The van der Waals surface area contributed by atoms with Crippen LogP contribution in [0.5, 0.6) is 0 Å². The van der Waals surface area contributed by atoms with Gasteiger partial charge >= 0.3 is 0 Å². The second kappa shape index (κ2) is 74.1. The standard InChI is InChI=1S/C78H153NO3/c1-3-5-7-9-11-13-15-17-19-21-23-25-27-29-31-33-34-35-36-37-38-39-40-41-42-43-44-46-48-50-52-54-56-58-60-62-64-66-68-70-72-74-78(82)79-76(75-80)77(81)73-71-69-67-65-63-61-59-57-55-53-51-49-47-45-32-30-28-26-24-22-20-18-16-14-12-10-8-6-4-2/h15,17,21,23,76-77,80-81H,3-14,16,18-20,22,24-75H2,1-2H3,(H,79,82)/b17-15-,23-21-. The van der Waals surface area contributed by atoms with Crippen LogP contribution in [0.4, 0.5) is 0 Å². The van der Waals surface area contributed by atoms with Gasteiger partial charge in [0.2, 0.25) is 5.91 Å². The van der Waals surface area contributed by atoms with Crippen molar-refractivity contribution in [1.29, 1.82) is 0 Å². The van der Waals surface area contributed by atoms with E-state index in [4.69, 9.17) is 0 Å². The maximum atomic E-state index is 12.6. The molecule has 0 aliphatic carbocycles. The summed E-state index contributed by atoms with van der Waals surface area (Å²) in [5.41, 5.74) is 0. The Morgan fingerprint density at radius 3 is 0.732 bits per heavy atom. The van der Waals surface area contributed by atoms with Crippen molar-refractivity contribution in [3.05, 3.63) is 24.3 Å².